The normalized spacial score (nSPS) is 22.7. The SMILES string of the molecule is O=C(O)CC1CN(C(=O)N(CCCO)C2CCC2)CCO1. The van der Waals surface area contributed by atoms with E-state index in [2.05, 4.69) is 0 Å². The second kappa shape index (κ2) is 7.61. The van der Waals surface area contributed by atoms with Crippen molar-refractivity contribution in [1.29, 1.82) is 0 Å². The molecule has 2 N–H and O–H groups in total. The average Bonchev–Trinajstić information content (AvgIpc) is 2.40. The number of hydrogen-bond acceptors (Lipinski definition) is 4. The smallest absolute Gasteiger partial charge is 0.320 e. The molecule has 0 aromatic carbocycles. The van der Waals surface area contributed by atoms with E-state index in [1.165, 1.54) is 0 Å². The second-order valence-electron chi connectivity index (χ2n) is 5.67. The van der Waals surface area contributed by atoms with Crippen molar-refractivity contribution in [3.63, 3.8) is 0 Å². The molecule has 120 valence electrons. The Kier molecular flexibility index (Phi) is 5.81. The molecule has 1 aliphatic heterocycles. The summed E-state index contributed by atoms with van der Waals surface area (Å²) in [6.07, 6.45) is 3.23. The maximum atomic E-state index is 12.6. The minimum absolute atomic E-state index is 0.0492. The first-order chi connectivity index (χ1) is 10.1. The summed E-state index contributed by atoms with van der Waals surface area (Å²) in [6.45, 7) is 1.83. The number of ether oxygens (including phenoxy) is 1. The highest BCUT2D eigenvalue weighted by Crippen LogP contribution is 2.26. The van der Waals surface area contributed by atoms with E-state index < -0.39 is 12.1 Å². The van der Waals surface area contributed by atoms with Crippen molar-refractivity contribution in [3.05, 3.63) is 0 Å². The Balaban J connectivity index is 1.93. The Morgan fingerprint density at radius 1 is 1.33 bits per heavy atom. The second-order valence-corrected chi connectivity index (χ2v) is 5.67. The molecule has 0 radical (unpaired) electrons. The van der Waals surface area contributed by atoms with Gasteiger partial charge in [0.1, 0.15) is 0 Å². The number of aliphatic carboxylic acids is 1. The number of hydrogen-bond donors (Lipinski definition) is 2. The van der Waals surface area contributed by atoms with Crippen molar-refractivity contribution in [2.45, 2.75) is 44.2 Å². The zero-order valence-corrected chi connectivity index (χ0v) is 12.2. The van der Waals surface area contributed by atoms with E-state index in [9.17, 15) is 9.59 Å². The predicted molar refractivity (Wildman–Crippen MR) is 75.0 cm³/mol. The molecule has 0 aromatic rings. The number of rotatable bonds is 6. The Bertz CT molecular complexity index is 372. The number of aliphatic hydroxyl groups excluding tert-OH is 1. The van der Waals surface area contributed by atoms with E-state index >= 15 is 0 Å². The monoisotopic (exact) mass is 300 g/mol. The van der Waals surface area contributed by atoms with Gasteiger partial charge in [0.05, 0.1) is 19.1 Å². The van der Waals surface area contributed by atoms with Gasteiger partial charge in [0.25, 0.3) is 0 Å². The molecule has 1 heterocycles. The van der Waals surface area contributed by atoms with Gasteiger partial charge in [-0.05, 0) is 25.7 Å². The maximum absolute atomic E-state index is 12.6. The van der Waals surface area contributed by atoms with Crippen molar-refractivity contribution in [1.82, 2.24) is 9.80 Å². The molecule has 1 saturated carbocycles. The molecule has 7 heteroatoms. The van der Waals surface area contributed by atoms with Crippen LogP contribution in [-0.4, -0.2) is 77.0 Å². The van der Waals surface area contributed by atoms with Crippen LogP contribution in [0.5, 0.6) is 0 Å². The quantitative estimate of drug-likeness (QED) is 0.746. The average molecular weight is 300 g/mol. The van der Waals surface area contributed by atoms with E-state index in [0.717, 1.165) is 19.3 Å². The van der Waals surface area contributed by atoms with Crippen LogP contribution in [0.2, 0.25) is 0 Å². The molecule has 2 fully saturated rings. The largest absolute Gasteiger partial charge is 0.481 e. The van der Waals surface area contributed by atoms with Gasteiger partial charge in [-0.2, -0.15) is 0 Å². The fraction of sp³-hybridized carbons (Fsp3) is 0.857. The van der Waals surface area contributed by atoms with Crippen LogP contribution >= 0.6 is 0 Å². The zero-order chi connectivity index (χ0) is 15.2. The van der Waals surface area contributed by atoms with Gasteiger partial charge in [-0.25, -0.2) is 4.79 Å². The summed E-state index contributed by atoms with van der Waals surface area (Å²) in [5.74, 6) is -0.912. The van der Waals surface area contributed by atoms with Crippen molar-refractivity contribution in [3.8, 4) is 0 Å². The van der Waals surface area contributed by atoms with Crippen molar-refractivity contribution in [2.24, 2.45) is 0 Å². The van der Waals surface area contributed by atoms with Crippen LogP contribution in [-0.2, 0) is 9.53 Å². The lowest BCUT2D eigenvalue weighted by molar-refractivity contribution is -0.141. The van der Waals surface area contributed by atoms with Gasteiger partial charge >= 0.3 is 12.0 Å². The van der Waals surface area contributed by atoms with Crippen molar-refractivity contribution < 1.29 is 24.5 Å². The number of nitrogens with zero attached hydrogens (tertiary/aromatic N) is 2. The molecule has 2 aliphatic rings. The van der Waals surface area contributed by atoms with Crippen LogP contribution in [0, 0.1) is 0 Å². The summed E-state index contributed by atoms with van der Waals surface area (Å²) in [5, 5.41) is 17.8. The summed E-state index contributed by atoms with van der Waals surface area (Å²) >= 11 is 0. The number of morpholine rings is 1. The molecule has 7 nitrogen and oxygen atoms in total. The first-order valence-corrected chi connectivity index (χ1v) is 7.61. The highest BCUT2D eigenvalue weighted by molar-refractivity contribution is 5.75. The fourth-order valence-electron chi connectivity index (χ4n) is 2.77. The van der Waals surface area contributed by atoms with Gasteiger partial charge < -0.3 is 24.7 Å². The van der Waals surface area contributed by atoms with Gasteiger partial charge in [-0.3, -0.25) is 4.79 Å². The summed E-state index contributed by atoms with van der Waals surface area (Å²) in [5.41, 5.74) is 0. The fourth-order valence-corrected chi connectivity index (χ4v) is 2.77. The van der Waals surface area contributed by atoms with Crippen LogP contribution in [0.3, 0.4) is 0 Å². The number of urea groups is 1. The molecule has 1 unspecified atom stereocenters. The van der Waals surface area contributed by atoms with Crippen LogP contribution < -0.4 is 0 Å². The number of carbonyl (C=O) groups excluding carboxylic acids is 1. The molecular formula is C14H24N2O5. The molecule has 0 spiro atoms. The third-order valence-corrected chi connectivity index (χ3v) is 4.13. The first-order valence-electron chi connectivity index (χ1n) is 7.61. The van der Waals surface area contributed by atoms with Crippen LogP contribution in [0.4, 0.5) is 4.79 Å². The first kappa shape index (κ1) is 16.0. The number of carboxylic acids is 1. The molecule has 2 amide bonds. The molecule has 2 rings (SSSR count). The summed E-state index contributed by atoms with van der Waals surface area (Å²) in [6, 6.07) is 0.219. The number of amides is 2. The van der Waals surface area contributed by atoms with Gasteiger partial charge in [0, 0.05) is 32.3 Å². The molecule has 0 aromatic heterocycles. The molecule has 0 bridgehead atoms. The van der Waals surface area contributed by atoms with E-state index in [-0.39, 0.29) is 25.1 Å². The lowest BCUT2D eigenvalue weighted by Gasteiger charge is -2.42. The van der Waals surface area contributed by atoms with Crippen molar-refractivity contribution >= 4 is 12.0 Å². The summed E-state index contributed by atoms with van der Waals surface area (Å²) < 4.78 is 5.40. The highest BCUT2D eigenvalue weighted by atomic mass is 16.5. The van der Waals surface area contributed by atoms with Crippen LogP contribution in [0.25, 0.3) is 0 Å². The molecule has 21 heavy (non-hydrogen) atoms. The molecule has 1 atom stereocenters. The Labute approximate surface area is 124 Å². The van der Waals surface area contributed by atoms with Crippen LogP contribution in [0.1, 0.15) is 32.1 Å². The lowest BCUT2D eigenvalue weighted by atomic mass is 9.91. The Morgan fingerprint density at radius 3 is 2.67 bits per heavy atom. The minimum Gasteiger partial charge on any atom is -0.481 e. The van der Waals surface area contributed by atoms with E-state index in [4.69, 9.17) is 14.9 Å². The third-order valence-electron chi connectivity index (χ3n) is 4.13. The molecular weight excluding hydrogens is 276 g/mol. The van der Waals surface area contributed by atoms with Gasteiger partial charge in [0.2, 0.25) is 0 Å². The van der Waals surface area contributed by atoms with Gasteiger partial charge in [-0.1, -0.05) is 0 Å². The minimum atomic E-state index is -0.912. The number of aliphatic hydroxyl groups is 1. The Hall–Kier alpha value is -1.34. The van der Waals surface area contributed by atoms with Gasteiger partial charge in [-0.15, -0.1) is 0 Å². The highest BCUT2D eigenvalue weighted by Gasteiger charge is 2.33. The maximum Gasteiger partial charge on any atom is 0.320 e. The summed E-state index contributed by atoms with van der Waals surface area (Å²) in [7, 11) is 0. The molecule has 1 saturated heterocycles. The standard InChI is InChI=1S/C14H24N2O5/c17-7-2-5-16(11-3-1-4-11)14(20)15-6-8-21-12(10-15)9-13(18)19/h11-12,17H,1-10H2,(H,18,19). The van der Waals surface area contributed by atoms with E-state index in [1.54, 1.807) is 4.90 Å². The van der Waals surface area contributed by atoms with E-state index in [0.29, 0.717) is 32.7 Å². The topological polar surface area (TPSA) is 90.3 Å². The zero-order valence-electron chi connectivity index (χ0n) is 12.2. The Morgan fingerprint density at radius 2 is 2.10 bits per heavy atom. The predicted octanol–water partition coefficient (Wildman–Crippen LogP) is 0.519. The third kappa shape index (κ3) is 4.31. The number of carboxylic acid groups (broad SMARTS) is 1. The number of carbonyl (C=O) groups is 2. The lowest BCUT2D eigenvalue weighted by Crippen LogP contribution is -2.55. The van der Waals surface area contributed by atoms with Crippen molar-refractivity contribution in [2.75, 3.05) is 32.8 Å². The van der Waals surface area contributed by atoms with E-state index in [1.807, 2.05) is 4.90 Å². The van der Waals surface area contributed by atoms with Crippen LogP contribution in [0.15, 0.2) is 0 Å². The summed E-state index contributed by atoms with van der Waals surface area (Å²) in [4.78, 5) is 26.9. The van der Waals surface area contributed by atoms with Gasteiger partial charge in [0.15, 0.2) is 0 Å². The molecule has 1 aliphatic carbocycles.